The number of nitrogens with zero attached hydrogens (tertiary/aromatic N) is 6. The normalized spacial score (nSPS) is 20.0. The number of carboxylic acid groups (broad SMARTS) is 3. The summed E-state index contributed by atoms with van der Waals surface area (Å²) in [7, 11) is 11.0. The van der Waals surface area contributed by atoms with Crippen LogP contribution in [0.5, 0.6) is 17.2 Å². The number of aromatic nitrogens is 6. The van der Waals surface area contributed by atoms with Gasteiger partial charge in [-0.1, -0.05) is 169 Å². The molecule has 5 amide bonds. The molecule has 2 aliphatic carbocycles. The number of aromatic hydroxyl groups is 2. The van der Waals surface area contributed by atoms with Crippen molar-refractivity contribution >= 4 is 112 Å². The molecule has 7 aromatic carbocycles. The van der Waals surface area contributed by atoms with Crippen molar-refractivity contribution in [3.05, 3.63) is 266 Å². The fraction of sp³-hybridized carbons (Fsp3) is 0.347. The number of amides is 5. The van der Waals surface area contributed by atoms with E-state index in [0.29, 0.717) is 36.3 Å². The maximum atomic E-state index is 14.5. The number of phenols is 2. The number of carboxylic acids is 3. The summed E-state index contributed by atoms with van der Waals surface area (Å²) in [5, 5.41) is 120. The van der Waals surface area contributed by atoms with Crippen LogP contribution in [0.15, 0.2) is 170 Å². The van der Waals surface area contributed by atoms with Gasteiger partial charge in [0.15, 0.2) is 23.6 Å². The van der Waals surface area contributed by atoms with Gasteiger partial charge in [-0.2, -0.15) is 0 Å². The summed E-state index contributed by atoms with van der Waals surface area (Å²) in [6.45, 7) is 1.22. The fourth-order valence-corrected chi connectivity index (χ4v) is 16.5. The maximum Gasteiger partial charge on any atom is -0.693 e. The third-order valence-electron chi connectivity index (χ3n) is 23.2. The number of aliphatic hydroxyl groups excluding tert-OH is 2. The first-order valence-corrected chi connectivity index (χ1v) is 48.7. The molecule has 137 heavy (non-hydrogen) atoms. The Bertz CT molecular complexity index is 5900. The summed E-state index contributed by atoms with van der Waals surface area (Å²) in [4.78, 5) is 168. The third-order valence-corrected chi connectivity index (χ3v) is 23.2. The van der Waals surface area contributed by atoms with Gasteiger partial charge in [-0.15, -0.1) is 10.2 Å². The van der Waals surface area contributed by atoms with E-state index in [1.165, 1.54) is 32.2 Å². The van der Waals surface area contributed by atoms with Gasteiger partial charge in [0.2, 0.25) is 35.3 Å². The monoisotopic (exact) mass is 2100 g/mol. The van der Waals surface area contributed by atoms with Crippen molar-refractivity contribution in [3.8, 4) is 17.2 Å². The summed E-state index contributed by atoms with van der Waals surface area (Å²) < 4.78 is 20.5. The molecule has 42 heteroatoms. The largest absolute Gasteiger partial charge is 0.693 e. The molecule has 20 N–H and O–H groups in total. The smallest absolute Gasteiger partial charge is 0.693 e. The van der Waals surface area contributed by atoms with Crippen LogP contribution in [0.1, 0.15) is 196 Å². The number of hydrogen-bond donors (Lipinski definition) is 15. The SMILES string of the molecule is COc1cccc2c1C(=O)c1c(O)c3c(c(O)c1C2=O)C(OC1CC(CC(=O)CCC(=O)O)C(O)C(C)O1)CC(O)(C(=O)CO)C3.N=C(N)CCCC[C@@H]1NC(=O)[C@H](Cc2cn(Cc3ccc(/C(=C(\c4ccccc4)c4ccc(Cn5cc(CNC(=O)CCC(=O)O)nn5)cc4)c4ccccc4)cc3)nn2)NC(=O)[C@@H](Cc2ccccc2)NC(=O)[C@H](CC(=O)O)NC(=O)CCC1=O.[Cl][Pt+2][Cl].[NH2-].[NH2-]. The zero-order chi connectivity index (χ0) is 97.3. The predicted molar refractivity (Wildman–Crippen MR) is 492 cm³/mol. The minimum Gasteiger partial charge on any atom is -0.693 e. The number of hydrogen-bond acceptors (Lipinski definition) is 26. The van der Waals surface area contributed by atoms with E-state index in [2.05, 4.69) is 83.6 Å². The van der Waals surface area contributed by atoms with E-state index in [-0.39, 0.29) is 136 Å². The number of phenolic OH excluding ortho intramolecular Hbond substituents is 2. The number of carbonyl (C=O) groups is 13. The van der Waals surface area contributed by atoms with E-state index in [9.17, 15) is 93.0 Å². The number of benzene rings is 7. The molecule has 0 radical (unpaired) electrons. The number of aliphatic carboxylic acids is 3. The number of ether oxygens (including phenoxy) is 3. The van der Waals surface area contributed by atoms with E-state index >= 15 is 0 Å². The summed E-state index contributed by atoms with van der Waals surface area (Å²) >= 11 is -0.472. The Kier molecular flexibility index (Phi) is 39.4. The number of halogens is 2. The van der Waals surface area contributed by atoms with Gasteiger partial charge in [-0.25, -0.2) is 9.36 Å². The van der Waals surface area contributed by atoms with Crippen molar-refractivity contribution in [2.45, 2.75) is 190 Å². The van der Waals surface area contributed by atoms with Crippen LogP contribution in [0.25, 0.3) is 23.4 Å². The number of nitrogens with one attached hydrogen (secondary N) is 6. The molecule has 13 rings (SSSR count). The van der Waals surface area contributed by atoms with E-state index in [0.717, 1.165) is 44.5 Å². The van der Waals surface area contributed by atoms with Crippen LogP contribution < -0.4 is 37.1 Å². The molecular formula is C95H105Cl2N15O24Pt. The first kappa shape index (κ1) is 107. The second kappa shape index (κ2) is 50.4. The number of nitrogens with two attached hydrogens (primary N) is 3. The minimum absolute atomic E-state index is 0. The van der Waals surface area contributed by atoms with Gasteiger partial charge in [-0.05, 0) is 81.8 Å². The van der Waals surface area contributed by atoms with Crippen molar-refractivity contribution in [1.82, 2.24) is 56.6 Å². The number of fused-ring (bicyclic) bond motifs is 3. The van der Waals surface area contributed by atoms with E-state index in [1.54, 1.807) is 52.1 Å². The van der Waals surface area contributed by atoms with Crippen LogP contribution >= 0.6 is 18.8 Å². The fourth-order valence-electron chi connectivity index (χ4n) is 16.5. The van der Waals surface area contributed by atoms with E-state index < -0.39 is 202 Å². The second-order valence-corrected chi connectivity index (χ2v) is 36.1. The third kappa shape index (κ3) is 28.6. The zero-order valence-corrected chi connectivity index (χ0v) is 78.1. The maximum absolute atomic E-state index is 14.5. The molecule has 728 valence electrons. The van der Waals surface area contributed by atoms with Gasteiger partial charge in [-0.3, -0.25) is 67.7 Å². The topological polar surface area (TPSA) is 650 Å². The Balaban J connectivity index is 0.000000346. The van der Waals surface area contributed by atoms with Gasteiger partial charge in [0.1, 0.15) is 59.1 Å². The van der Waals surface area contributed by atoms with Gasteiger partial charge < -0.3 is 99.7 Å². The Morgan fingerprint density at radius 1 is 0.606 bits per heavy atom. The number of amidine groups is 1. The van der Waals surface area contributed by atoms with Crippen LogP contribution in [-0.4, -0.2) is 215 Å². The molecule has 0 bridgehead atoms. The number of Topliss-reactive ketones (excluding diaryl/α,β-unsaturated/α-hetero) is 3. The molecule has 39 nitrogen and oxygen atoms in total. The van der Waals surface area contributed by atoms with Crippen LogP contribution in [-0.2, 0) is 118 Å². The molecule has 2 aromatic heterocycles. The molecule has 2 aliphatic heterocycles. The van der Waals surface area contributed by atoms with Gasteiger partial charge in [0.05, 0.1) is 105 Å². The number of carbonyl (C=O) groups excluding carboxylic acids is 10. The number of rotatable bonds is 34. The average molecular weight is 2110 g/mol. The molecule has 2 saturated heterocycles. The van der Waals surface area contributed by atoms with Crippen LogP contribution in [0, 0.1) is 11.3 Å². The van der Waals surface area contributed by atoms with Crippen molar-refractivity contribution in [2.75, 3.05) is 13.7 Å². The van der Waals surface area contributed by atoms with Crippen molar-refractivity contribution in [3.63, 3.8) is 0 Å². The van der Waals surface area contributed by atoms with Crippen molar-refractivity contribution < 1.29 is 134 Å². The van der Waals surface area contributed by atoms with Gasteiger partial charge in [0, 0.05) is 93.5 Å². The number of ketones is 5. The Morgan fingerprint density at radius 3 is 1.69 bits per heavy atom. The predicted octanol–water partition coefficient (Wildman–Crippen LogP) is 8.44. The van der Waals surface area contributed by atoms with Crippen LogP contribution in [0.2, 0.25) is 0 Å². The molecule has 4 aliphatic rings. The summed E-state index contributed by atoms with van der Waals surface area (Å²) in [6, 6.07) is 44.0. The molecule has 0 spiro atoms. The van der Waals surface area contributed by atoms with E-state index in [1.807, 2.05) is 72.8 Å². The first-order valence-electron chi connectivity index (χ1n) is 43.1. The molecule has 2 fully saturated rings. The van der Waals surface area contributed by atoms with Crippen molar-refractivity contribution in [2.24, 2.45) is 11.7 Å². The average Bonchev–Trinajstić information content (AvgIpc) is 0.874. The zero-order valence-electron chi connectivity index (χ0n) is 74.3. The summed E-state index contributed by atoms with van der Waals surface area (Å²) in [5.41, 5.74) is 10.6. The quantitative estimate of drug-likeness (QED) is 0.00591. The molecule has 4 heterocycles. The molecule has 0 saturated carbocycles. The van der Waals surface area contributed by atoms with Crippen LogP contribution in [0.3, 0.4) is 0 Å². The summed E-state index contributed by atoms with van der Waals surface area (Å²) in [5.74, 6) is -13.1. The Hall–Kier alpha value is -13.5. The van der Waals surface area contributed by atoms with Crippen LogP contribution in [0.4, 0.5) is 0 Å². The first-order chi connectivity index (χ1) is 64.7. The van der Waals surface area contributed by atoms with Gasteiger partial charge in [0.25, 0.3) is 0 Å². The summed E-state index contributed by atoms with van der Waals surface area (Å²) in [6.07, 6.45) is -4.45. The standard InChI is InChI=1S/C63H67N13O10.C32H34O14.2ClH.2H2N.Pt/c64-54(65)19-11-10-18-49-53(77)28-29-56(79)67-52(34-58(82)83)63(86)69-50(32-40-12-4-1-5-13-40)61(84)70-51(62(85)68-49)33-47-38-75(73-71-47)36-41-20-24-45(25-21-41)59(43-14-6-2-7-15-43)60(44-16-8-3-9-17-44)46-26-22-42(23-27-46)37-76-39-48(72-74-76)35-66-55(78)30-31-57(80)81;1-13-27(38)14(8-15(34)6-7-21(36)37)9-22(45-13)46-19-11-32(43,20(35)12-33)10-17-24(19)31(42)25-26(29(17)40)30(41)23-16(28(25)39)4-3-5-18(23)44-2;;;;;/h1-9,12-17,20-27,38-39,49-52H,10-11,18-19,28-37H2,(H3,64,65)(H,66,78)(H,67,79)(H,68,85)(H,69,86)(H,70,84)(H,80,81)(H,82,83);3-5,13-14,19,22,27,33,38,40,42-43H,6-12H2,1-2H3,(H,36,37);2*1H;2*1H2;/q;;;;2*-1;+4/p-2/b60-59+;;;;;;/t49-,50+,51-,52-;;;;;;/m0....../s1. The van der Waals surface area contributed by atoms with Gasteiger partial charge >= 0.3 is 53.2 Å². The molecule has 6 unspecified atom stereocenters. The Morgan fingerprint density at radius 2 is 1.13 bits per heavy atom. The molecular weight excluding hydrogens is 2000 g/mol. The molecule has 9 aromatic rings. The number of aliphatic hydroxyl groups is 3. The second-order valence-electron chi connectivity index (χ2n) is 32.8. The molecule has 10 atom stereocenters. The van der Waals surface area contributed by atoms with Crippen molar-refractivity contribution in [1.29, 1.82) is 5.41 Å². The van der Waals surface area contributed by atoms with E-state index in [4.69, 9.17) is 54.4 Å². The minimum atomic E-state index is -2.34. The Labute approximate surface area is 802 Å². The number of unbranched alkanes of at least 4 members (excludes halogenated alkanes) is 1. The number of methoxy groups -OCH3 is 1.